The van der Waals surface area contributed by atoms with Crippen molar-refractivity contribution in [2.45, 2.75) is 38.3 Å². The molecule has 0 aromatic rings. The van der Waals surface area contributed by atoms with Crippen molar-refractivity contribution in [3.05, 3.63) is 0 Å². The second-order valence-corrected chi connectivity index (χ2v) is 7.34. The molecular formula is C17H30F3N3O2. The second-order valence-electron chi connectivity index (χ2n) is 7.34. The maximum absolute atomic E-state index is 12.6. The summed E-state index contributed by atoms with van der Waals surface area (Å²) in [7, 11) is 1.62. The lowest BCUT2D eigenvalue weighted by Crippen LogP contribution is -2.50. The van der Waals surface area contributed by atoms with Crippen molar-refractivity contribution in [1.82, 2.24) is 15.5 Å². The summed E-state index contributed by atoms with van der Waals surface area (Å²) in [6, 6.07) is 0. The molecular weight excluding hydrogens is 335 g/mol. The third-order valence-electron chi connectivity index (χ3n) is 5.41. The summed E-state index contributed by atoms with van der Waals surface area (Å²) in [5, 5.41) is 6.29. The van der Waals surface area contributed by atoms with Crippen LogP contribution in [0.25, 0.3) is 0 Å². The summed E-state index contributed by atoms with van der Waals surface area (Å²) >= 11 is 0. The van der Waals surface area contributed by atoms with E-state index in [4.69, 9.17) is 4.74 Å². The number of methoxy groups -OCH3 is 1. The minimum Gasteiger partial charge on any atom is -0.384 e. The smallest absolute Gasteiger partial charge is 0.384 e. The van der Waals surface area contributed by atoms with Gasteiger partial charge >= 0.3 is 6.18 Å². The highest BCUT2D eigenvalue weighted by Gasteiger charge is 2.39. The van der Waals surface area contributed by atoms with Crippen LogP contribution in [0.2, 0.25) is 0 Å². The van der Waals surface area contributed by atoms with Gasteiger partial charge in [0.05, 0.1) is 18.6 Å². The van der Waals surface area contributed by atoms with Gasteiger partial charge in [0.2, 0.25) is 5.91 Å². The standard InChI is InChI=1S/C17H30F3N3O2/c1-25-13-16(5-8-21-9-6-16)15(24)22-7-2-14-3-10-23(11-4-14)12-17(18,19)20/h14,21H,2-13H2,1H3,(H,22,24). The van der Waals surface area contributed by atoms with Crippen LogP contribution in [-0.2, 0) is 9.53 Å². The van der Waals surface area contributed by atoms with E-state index in [0.29, 0.717) is 32.2 Å². The Morgan fingerprint density at radius 3 is 2.48 bits per heavy atom. The number of likely N-dealkylation sites (tertiary alicyclic amines) is 1. The molecule has 2 rings (SSSR count). The van der Waals surface area contributed by atoms with Crippen molar-refractivity contribution < 1.29 is 22.7 Å². The monoisotopic (exact) mass is 365 g/mol. The fourth-order valence-corrected chi connectivity index (χ4v) is 3.88. The van der Waals surface area contributed by atoms with Crippen LogP contribution in [0, 0.1) is 11.3 Å². The first-order chi connectivity index (χ1) is 11.8. The zero-order valence-corrected chi connectivity index (χ0v) is 15.0. The molecule has 146 valence electrons. The van der Waals surface area contributed by atoms with Crippen molar-refractivity contribution in [2.24, 2.45) is 11.3 Å². The van der Waals surface area contributed by atoms with Crippen LogP contribution in [0.15, 0.2) is 0 Å². The summed E-state index contributed by atoms with van der Waals surface area (Å²) in [6.45, 7) is 2.79. The molecule has 2 aliphatic heterocycles. The number of carbonyl (C=O) groups excluding carboxylic acids is 1. The van der Waals surface area contributed by atoms with Gasteiger partial charge in [-0.2, -0.15) is 13.2 Å². The van der Waals surface area contributed by atoms with Gasteiger partial charge in [-0.05, 0) is 64.2 Å². The minimum atomic E-state index is -4.12. The van der Waals surface area contributed by atoms with Gasteiger partial charge in [-0.15, -0.1) is 0 Å². The van der Waals surface area contributed by atoms with Crippen LogP contribution in [0.5, 0.6) is 0 Å². The molecule has 0 aliphatic carbocycles. The van der Waals surface area contributed by atoms with E-state index < -0.39 is 18.1 Å². The van der Waals surface area contributed by atoms with Gasteiger partial charge in [-0.25, -0.2) is 0 Å². The molecule has 2 fully saturated rings. The predicted molar refractivity (Wildman–Crippen MR) is 89.3 cm³/mol. The van der Waals surface area contributed by atoms with Gasteiger partial charge in [0, 0.05) is 13.7 Å². The van der Waals surface area contributed by atoms with Crippen LogP contribution in [0.3, 0.4) is 0 Å². The molecule has 2 saturated heterocycles. The van der Waals surface area contributed by atoms with Gasteiger partial charge < -0.3 is 15.4 Å². The van der Waals surface area contributed by atoms with Gasteiger partial charge in [0.15, 0.2) is 0 Å². The minimum absolute atomic E-state index is 0.0466. The van der Waals surface area contributed by atoms with Crippen LogP contribution in [-0.4, -0.2) is 70.0 Å². The molecule has 0 unspecified atom stereocenters. The fraction of sp³-hybridized carbons (Fsp3) is 0.941. The molecule has 8 heteroatoms. The molecule has 2 aliphatic rings. The Morgan fingerprint density at radius 1 is 1.28 bits per heavy atom. The maximum atomic E-state index is 12.6. The highest BCUT2D eigenvalue weighted by molar-refractivity contribution is 5.83. The summed E-state index contributed by atoms with van der Waals surface area (Å²) in [5.74, 6) is 0.432. The Morgan fingerprint density at radius 2 is 1.92 bits per heavy atom. The molecule has 2 N–H and O–H groups in total. The van der Waals surface area contributed by atoms with Gasteiger partial charge in [-0.1, -0.05) is 0 Å². The number of nitrogens with one attached hydrogen (secondary N) is 2. The van der Waals surface area contributed by atoms with Crippen molar-refractivity contribution >= 4 is 5.91 Å². The lowest BCUT2D eigenvalue weighted by Gasteiger charge is -2.36. The number of piperidine rings is 2. The lowest BCUT2D eigenvalue weighted by molar-refractivity contribution is -0.148. The highest BCUT2D eigenvalue weighted by Crippen LogP contribution is 2.29. The number of nitrogens with zero attached hydrogens (tertiary/aromatic N) is 1. The number of carbonyl (C=O) groups is 1. The van der Waals surface area contributed by atoms with E-state index in [1.807, 2.05) is 0 Å². The Labute approximate surface area is 147 Å². The molecule has 0 spiro atoms. The van der Waals surface area contributed by atoms with Crippen LogP contribution in [0.4, 0.5) is 13.2 Å². The first-order valence-corrected chi connectivity index (χ1v) is 9.12. The summed E-state index contributed by atoms with van der Waals surface area (Å²) in [6.07, 6.45) is -0.235. The van der Waals surface area contributed by atoms with Crippen LogP contribution < -0.4 is 10.6 Å². The zero-order valence-electron chi connectivity index (χ0n) is 15.0. The molecule has 0 saturated carbocycles. The average Bonchev–Trinajstić information content (AvgIpc) is 2.56. The largest absolute Gasteiger partial charge is 0.401 e. The highest BCUT2D eigenvalue weighted by atomic mass is 19.4. The van der Waals surface area contributed by atoms with Crippen molar-refractivity contribution in [1.29, 1.82) is 0 Å². The third kappa shape index (κ3) is 6.42. The number of hydrogen-bond acceptors (Lipinski definition) is 4. The number of rotatable bonds is 7. The first kappa shape index (κ1) is 20.5. The normalized spacial score (nSPS) is 22.7. The molecule has 5 nitrogen and oxygen atoms in total. The first-order valence-electron chi connectivity index (χ1n) is 9.12. The zero-order chi connectivity index (χ0) is 18.3. The average molecular weight is 365 g/mol. The number of hydrogen-bond donors (Lipinski definition) is 2. The third-order valence-corrected chi connectivity index (χ3v) is 5.41. The molecule has 2 heterocycles. The van der Waals surface area contributed by atoms with Gasteiger partial charge in [0.25, 0.3) is 0 Å². The topological polar surface area (TPSA) is 53.6 Å². The Hall–Kier alpha value is -0.860. The number of halogens is 3. The second kappa shape index (κ2) is 9.19. The molecule has 0 aromatic heterocycles. The summed E-state index contributed by atoms with van der Waals surface area (Å²) < 4.78 is 42.5. The van der Waals surface area contributed by atoms with E-state index in [0.717, 1.165) is 45.2 Å². The Balaban J connectivity index is 1.69. The van der Waals surface area contributed by atoms with Gasteiger partial charge in [-0.3, -0.25) is 9.69 Å². The molecule has 0 aromatic carbocycles. The Bertz CT molecular complexity index is 412. The molecule has 0 bridgehead atoms. The van der Waals surface area contributed by atoms with Gasteiger partial charge in [0.1, 0.15) is 0 Å². The van der Waals surface area contributed by atoms with Crippen molar-refractivity contribution in [2.75, 3.05) is 53.0 Å². The van der Waals surface area contributed by atoms with E-state index in [9.17, 15) is 18.0 Å². The summed E-state index contributed by atoms with van der Waals surface area (Å²) in [4.78, 5) is 14.1. The number of amides is 1. The van der Waals surface area contributed by atoms with E-state index >= 15 is 0 Å². The van der Waals surface area contributed by atoms with Crippen molar-refractivity contribution in [3.63, 3.8) is 0 Å². The van der Waals surface area contributed by atoms with Crippen molar-refractivity contribution in [3.8, 4) is 0 Å². The van der Waals surface area contributed by atoms with E-state index in [1.165, 1.54) is 4.90 Å². The molecule has 0 radical (unpaired) electrons. The maximum Gasteiger partial charge on any atom is 0.401 e. The van der Waals surface area contributed by atoms with E-state index in [-0.39, 0.29) is 5.91 Å². The van der Waals surface area contributed by atoms with Crippen LogP contribution in [0.1, 0.15) is 32.1 Å². The predicted octanol–water partition coefficient (Wildman–Crippen LogP) is 1.78. The van der Waals surface area contributed by atoms with Crippen LogP contribution >= 0.6 is 0 Å². The quantitative estimate of drug-likeness (QED) is 0.722. The Kier molecular flexibility index (Phi) is 7.51. The lowest BCUT2D eigenvalue weighted by atomic mass is 9.78. The SMILES string of the molecule is COCC1(C(=O)NCCC2CCN(CC(F)(F)F)CC2)CCNCC1. The summed E-state index contributed by atoms with van der Waals surface area (Å²) in [5.41, 5.74) is -0.448. The molecule has 0 atom stereocenters. The van der Waals surface area contributed by atoms with E-state index in [1.54, 1.807) is 7.11 Å². The van der Waals surface area contributed by atoms with E-state index in [2.05, 4.69) is 10.6 Å². The number of ether oxygens (including phenoxy) is 1. The fourth-order valence-electron chi connectivity index (χ4n) is 3.88. The molecule has 25 heavy (non-hydrogen) atoms. The number of alkyl halides is 3. The molecule has 1 amide bonds.